The first-order valence-electron chi connectivity index (χ1n) is 10.5. The van der Waals surface area contributed by atoms with Crippen LogP contribution in [0.3, 0.4) is 0 Å². The van der Waals surface area contributed by atoms with Crippen molar-refractivity contribution in [2.75, 3.05) is 6.61 Å². The highest BCUT2D eigenvalue weighted by Gasteiger charge is 2.44. The molecule has 32 heavy (non-hydrogen) atoms. The standard InChI is InChI=1S/C24H27ClO6S/c1-12(2)30-16-5-3-13-8-17(32-20(13)10-16)9-15-7-14(4-6-18(15)25)24-23(29)22(28)21(27)19(11-26)31-24/h3-8,10,12,19,21-24,26-29H,9,11H2,1-2H3/t19-,21-,22+,23-,24+/m1/s1. The Labute approximate surface area is 195 Å². The molecule has 0 bridgehead atoms. The predicted octanol–water partition coefficient (Wildman–Crippen LogP) is 3.45. The van der Waals surface area contributed by atoms with Gasteiger partial charge in [-0.15, -0.1) is 11.3 Å². The Morgan fingerprint density at radius 2 is 1.81 bits per heavy atom. The third-order valence-corrected chi connectivity index (χ3v) is 7.04. The molecule has 0 unspecified atom stereocenters. The molecule has 0 radical (unpaired) electrons. The van der Waals surface area contributed by atoms with Crippen molar-refractivity contribution < 1.29 is 29.9 Å². The lowest BCUT2D eigenvalue weighted by Crippen LogP contribution is -2.55. The number of halogens is 1. The predicted molar refractivity (Wildman–Crippen MR) is 125 cm³/mol. The van der Waals surface area contributed by atoms with E-state index >= 15 is 0 Å². The van der Waals surface area contributed by atoms with E-state index in [9.17, 15) is 20.4 Å². The van der Waals surface area contributed by atoms with Crippen LogP contribution < -0.4 is 4.74 Å². The summed E-state index contributed by atoms with van der Waals surface area (Å²) in [7, 11) is 0. The number of thiophene rings is 1. The average molecular weight is 479 g/mol. The summed E-state index contributed by atoms with van der Waals surface area (Å²) >= 11 is 8.13. The van der Waals surface area contributed by atoms with Crippen LogP contribution in [0, 0.1) is 0 Å². The molecule has 1 fully saturated rings. The first-order chi connectivity index (χ1) is 15.3. The van der Waals surface area contributed by atoms with Crippen LogP contribution in [0.25, 0.3) is 10.1 Å². The molecule has 1 aromatic heterocycles. The first-order valence-corrected chi connectivity index (χ1v) is 11.7. The maximum atomic E-state index is 10.4. The second kappa shape index (κ2) is 9.65. The minimum atomic E-state index is -1.42. The summed E-state index contributed by atoms with van der Waals surface area (Å²) < 4.78 is 12.6. The molecule has 4 rings (SSSR count). The lowest BCUT2D eigenvalue weighted by atomic mass is 9.90. The molecular formula is C24H27ClO6S. The van der Waals surface area contributed by atoms with Crippen molar-refractivity contribution >= 4 is 33.0 Å². The second-order valence-corrected chi connectivity index (χ2v) is 9.93. The van der Waals surface area contributed by atoms with Crippen molar-refractivity contribution in [1.29, 1.82) is 0 Å². The van der Waals surface area contributed by atoms with Crippen LogP contribution in [-0.4, -0.2) is 57.6 Å². The fraction of sp³-hybridized carbons (Fsp3) is 0.417. The largest absolute Gasteiger partial charge is 0.491 e. The molecule has 0 aliphatic carbocycles. The Morgan fingerprint density at radius 1 is 1.03 bits per heavy atom. The van der Waals surface area contributed by atoms with E-state index in [1.54, 1.807) is 23.5 Å². The van der Waals surface area contributed by atoms with Crippen LogP contribution in [0.1, 0.15) is 36.0 Å². The van der Waals surface area contributed by atoms with E-state index in [1.165, 1.54) is 0 Å². The summed E-state index contributed by atoms with van der Waals surface area (Å²) in [6.45, 7) is 3.52. The number of aliphatic hydroxyl groups is 4. The molecule has 1 saturated heterocycles. The molecule has 4 N–H and O–H groups in total. The quantitative estimate of drug-likeness (QED) is 0.433. The summed E-state index contributed by atoms with van der Waals surface area (Å²) in [6.07, 6.45) is -5.29. The van der Waals surface area contributed by atoms with Crippen LogP contribution in [-0.2, 0) is 11.2 Å². The average Bonchev–Trinajstić information content (AvgIpc) is 3.15. The minimum Gasteiger partial charge on any atom is -0.491 e. The normalized spacial score (nSPS) is 26.1. The topological polar surface area (TPSA) is 99.4 Å². The molecule has 3 aromatic rings. The fourth-order valence-electron chi connectivity index (χ4n) is 3.97. The van der Waals surface area contributed by atoms with Gasteiger partial charge in [-0.3, -0.25) is 0 Å². The zero-order chi connectivity index (χ0) is 23.0. The van der Waals surface area contributed by atoms with E-state index < -0.39 is 37.1 Å². The summed E-state index contributed by atoms with van der Waals surface area (Å²) in [6, 6.07) is 13.5. The third kappa shape index (κ3) is 4.79. The summed E-state index contributed by atoms with van der Waals surface area (Å²) in [5.74, 6) is 0.837. The smallest absolute Gasteiger partial charge is 0.121 e. The van der Waals surface area contributed by atoms with Gasteiger partial charge in [0.25, 0.3) is 0 Å². The summed E-state index contributed by atoms with van der Waals surface area (Å²) in [4.78, 5) is 1.12. The molecule has 1 aliphatic rings. The molecule has 2 aromatic carbocycles. The van der Waals surface area contributed by atoms with E-state index in [0.717, 1.165) is 26.3 Å². The fourth-order valence-corrected chi connectivity index (χ4v) is 5.27. The van der Waals surface area contributed by atoms with E-state index in [-0.39, 0.29) is 6.10 Å². The van der Waals surface area contributed by atoms with Crippen molar-refractivity contribution in [2.45, 2.75) is 56.9 Å². The zero-order valence-electron chi connectivity index (χ0n) is 17.8. The zero-order valence-corrected chi connectivity index (χ0v) is 19.4. The molecule has 1 aliphatic heterocycles. The Kier molecular flexibility index (Phi) is 7.07. The lowest BCUT2D eigenvalue weighted by Gasteiger charge is -2.40. The van der Waals surface area contributed by atoms with Gasteiger partial charge in [-0.25, -0.2) is 0 Å². The van der Waals surface area contributed by atoms with Gasteiger partial charge in [0, 0.05) is 21.0 Å². The molecule has 2 heterocycles. The minimum absolute atomic E-state index is 0.107. The van der Waals surface area contributed by atoms with Crippen molar-refractivity contribution in [3.05, 3.63) is 63.5 Å². The maximum absolute atomic E-state index is 10.4. The van der Waals surface area contributed by atoms with Gasteiger partial charge in [-0.2, -0.15) is 0 Å². The van der Waals surface area contributed by atoms with Crippen molar-refractivity contribution in [2.24, 2.45) is 0 Å². The van der Waals surface area contributed by atoms with E-state index in [1.807, 2.05) is 38.1 Å². The van der Waals surface area contributed by atoms with Gasteiger partial charge in [0.15, 0.2) is 0 Å². The Morgan fingerprint density at radius 3 is 2.53 bits per heavy atom. The molecule has 0 spiro atoms. The number of benzene rings is 2. The maximum Gasteiger partial charge on any atom is 0.121 e. The second-order valence-electron chi connectivity index (χ2n) is 8.36. The Hall–Kier alpha value is -1.71. The van der Waals surface area contributed by atoms with E-state index in [4.69, 9.17) is 21.1 Å². The van der Waals surface area contributed by atoms with E-state index in [2.05, 4.69) is 6.07 Å². The van der Waals surface area contributed by atoms with Crippen LogP contribution in [0.2, 0.25) is 5.02 Å². The number of aliphatic hydroxyl groups excluding tert-OH is 4. The number of rotatable bonds is 6. The highest BCUT2D eigenvalue weighted by molar-refractivity contribution is 7.19. The monoisotopic (exact) mass is 478 g/mol. The van der Waals surface area contributed by atoms with Crippen molar-refractivity contribution in [1.82, 2.24) is 0 Å². The number of hydrogen-bond acceptors (Lipinski definition) is 7. The van der Waals surface area contributed by atoms with Crippen molar-refractivity contribution in [3.63, 3.8) is 0 Å². The van der Waals surface area contributed by atoms with Crippen LogP contribution >= 0.6 is 22.9 Å². The highest BCUT2D eigenvalue weighted by Crippen LogP contribution is 2.36. The van der Waals surface area contributed by atoms with Crippen molar-refractivity contribution in [3.8, 4) is 5.75 Å². The molecule has 5 atom stereocenters. The third-order valence-electron chi connectivity index (χ3n) is 5.57. The van der Waals surface area contributed by atoms with Gasteiger partial charge in [0.1, 0.15) is 36.3 Å². The lowest BCUT2D eigenvalue weighted by molar-refractivity contribution is -0.231. The molecule has 0 saturated carbocycles. The SMILES string of the molecule is CC(C)Oc1ccc2cc(Cc3cc([C@@H]4O[C@H](CO)[C@@H](O)[C@H](O)[C@H]4O)ccc3Cl)sc2c1. The number of ether oxygens (including phenoxy) is 2. The summed E-state index contributed by atoms with van der Waals surface area (Å²) in [5.41, 5.74) is 1.47. The van der Waals surface area contributed by atoms with Crippen LogP contribution in [0.4, 0.5) is 0 Å². The van der Waals surface area contributed by atoms with E-state index in [0.29, 0.717) is 17.0 Å². The van der Waals surface area contributed by atoms with Gasteiger partial charge >= 0.3 is 0 Å². The first kappa shape index (κ1) is 23.4. The summed E-state index contributed by atoms with van der Waals surface area (Å²) in [5, 5.41) is 41.8. The van der Waals surface area contributed by atoms with Gasteiger partial charge in [-0.05, 0) is 60.7 Å². The van der Waals surface area contributed by atoms with Gasteiger partial charge in [-0.1, -0.05) is 23.7 Å². The van der Waals surface area contributed by atoms with Gasteiger partial charge in [0.2, 0.25) is 0 Å². The van der Waals surface area contributed by atoms with Gasteiger partial charge < -0.3 is 29.9 Å². The van der Waals surface area contributed by atoms with Crippen LogP contribution in [0.5, 0.6) is 5.75 Å². The molecule has 172 valence electrons. The molecule has 6 nitrogen and oxygen atoms in total. The molecular weight excluding hydrogens is 452 g/mol. The molecule has 8 heteroatoms. The number of fused-ring (bicyclic) bond motifs is 1. The Balaban J connectivity index is 1.59. The Bertz CT molecular complexity index is 1080. The van der Waals surface area contributed by atoms with Crippen LogP contribution in [0.15, 0.2) is 42.5 Å². The number of hydrogen-bond donors (Lipinski definition) is 4. The van der Waals surface area contributed by atoms with Gasteiger partial charge in [0.05, 0.1) is 12.7 Å². The molecule has 0 amide bonds. The highest BCUT2D eigenvalue weighted by atomic mass is 35.5.